The van der Waals surface area contributed by atoms with Crippen molar-refractivity contribution in [1.82, 2.24) is 0 Å². The molecule has 0 aromatic heterocycles. The van der Waals surface area contributed by atoms with Crippen LogP contribution >= 0.6 is 20.4 Å². The lowest BCUT2D eigenvalue weighted by atomic mass is 10.3. The van der Waals surface area contributed by atoms with Crippen molar-refractivity contribution in [3.05, 3.63) is 34.4 Å². The molecule has 3 nitrogen and oxygen atoms in total. The van der Waals surface area contributed by atoms with Gasteiger partial charge in [0.2, 0.25) is 0 Å². The quantitative estimate of drug-likeness (QED) is 0.434. The predicted octanol–water partition coefficient (Wildman–Crippen LogP) is 3.20. The van der Waals surface area contributed by atoms with E-state index in [-0.39, 0.29) is 5.69 Å². The molecule has 0 aliphatic carbocycles. The molecule has 1 rings (SSSR count). The van der Waals surface area contributed by atoms with E-state index in [1.165, 1.54) is 6.07 Å². The van der Waals surface area contributed by atoms with Crippen molar-refractivity contribution in [2.75, 3.05) is 0 Å². The predicted molar refractivity (Wildman–Crippen MR) is 56.5 cm³/mol. The van der Waals surface area contributed by atoms with Gasteiger partial charge in [0.05, 0.1) is 9.82 Å². The van der Waals surface area contributed by atoms with E-state index in [4.69, 9.17) is 10.7 Å². The minimum absolute atomic E-state index is 0.0823. The van der Waals surface area contributed by atoms with E-state index < -0.39 is 14.6 Å². The van der Waals surface area contributed by atoms with Gasteiger partial charge >= 0.3 is 0 Å². The highest BCUT2D eigenvalue weighted by molar-refractivity contribution is 8.34. The second-order valence-corrected chi connectivity index (χ2v) is 4.72. The van der Waals surface area contributed by atoms with Crippen LogP contribution in [0.5, 0.6) is 0 Å². The number of benzene rings is 1. The molecule has 1 unspecified atom stereocenters. The van der Waals surface area contributed by atoms with Gasteiger partial charge in [0, 0.05) is 6.07 Å². The van der Waals surface area contributed by atoms with E-state index in [1.54, 1.807) is 30.5 Å². The summed E-state index contributed by atoms with van der Waals surface area (Å²) in [7, 11) is 5.24. The van der Waals surface area contributed by atoms with Crippen LogP contribution in [0.4, 0.5) is 5.69 Å². The summed E-state index contributed by atoms with van der Waals surface area (Å²) in [6.07, 6.45) is 0. The summed E-state index contributed by atoms with van der Waals surface area (Å²) in [5, 5.41) is 12.3. The van der Waals surface area contributed by atoms with Crippen molar-refractivity contribution < 1.29 is 4.92 Å². The lowest BCUT2D eigenvalue weighted by Gasteiger charge is -2.00. The fraction of sp³-hybridized carbons (Fsp3) is 0.125. The van der Waals surface area contributed by atoms with Gasteiger partial charge in [0.25, 0.3) is 5.69 Å². The van der Waals surface area contributed by atoms with Crippen LogP contribution in [0.3, 0.4) is 0 Å². The van der Waals surface area contributed by atoms with E-state index in [9.17, 15) is 10.1 Å². The van der Waals surface area contributed by atoms with Gasteiger partial charge in [-0.1, -0.05) is 21.8 Å². The van der Waals surface area contributed by atoms with Gasteiger partial charge in [-0.2, -0.15) is 0 Å². The molecular formula is C8H8ClNO2S. The van der Waals surface area contributed by atoms with Gasteiger partial charge in [-0.05, 0) is 29.0 Å². The standard InChI is InChI=1S/C8H8ClNO2S/c1-2-13(9)8-6-4-3-5-7(8)10(11)12/h2-6H,1H3. The summed E-state index contributed by atoms with van der Waals surface area (Å²) >= 11 is 0. The first kappa shape index (κ1) is 10.2. The monoisotopic (exact) mass is 217 g/mol. The van der Waals surface area contributed by atoms with Gasteiger partial charge < -0.3 is 0 Å². The van der Waals surface area contributed by atoms with Gasteiger partial charge in [0.15, 0.2) is 0 Å². The molecule has 1 atom stereocenters. The molecule has 13 heavy (non-hydrogen) atoms. The summed E-state index contributed by atoms with van der Waals surface area (Å²) in [6.45, 7) is 1.78. The number of para-hydroxylation sites is 1. The average Bonchev–Trinajstić information content (AvgIpc) is 2.16. The minimum Gasteiger partial charge on any atom is -0.258 e. The Morgan fingerprint density at radius 3 is 2.69 bits per heavy atom. The van der Waals surface area contributed by atoms with Crippen LogP contribution in [-0.4, -0.2) is 10.3 Å². The molecule has 0 radical (unpaired) electrons. The molecule has 1 aromatic carbocycles. The Labute approximate surface area is 82.9 Å². The molecule has 70 valence electrons. The molecule has 0 N–H and O–H groups in total. The SMILES string of the molecule is CC=S(Cl)c1ccccc1[N+](=O)[O-]. The van der Waals surface area contributed by atoms with Crippen molar-refractivity contribution in [2.24, 2.45) is 0 Å². The highest BCUT2D eigenvalue weighted by Crippen LogP contribution is 2.37. The number of rotatable bonds is 2. The molecule has 0 saturated heterocycles. The molecule has 0 saturated carbocycles. The maximum Gasteiger partial charge on any atom is 0.283 e. The summed E-state index contributed by atoms with van der Waals surface area (Å²) < 4.78 is 0. The first-order valence-electron chi connectivity index (χ1n) is 3.59. The number of nitrogens with zero attached hydrogens (tertiary/aromatic N) is 1. The van der Waals surface area contributed by atoms with Crippen LogP contribution < -0.4 is 0 Å². The summed E-state index contributed by atoms with van der Waals surface area (Å²) in [5.41, 5.74) is 0.0823. The van der Waals surface area contributed by atoms with E-state index >= 15 is 0 Å². The number of hydrogen-bond acceptors (Lipinski definition) is 2. The highest BCUT2D eigenvalue weighted by atomic mass is 35.7. The maximum absolute atomic E-state index is 10.6. The zero-order valence-electron chi connectivity index (χ0n) is 6.94. The molecule has 5 heteroatoms. The fourth-order valence-corrected chi connectivity index (χ4v) is 2.10. The molecule has 1 aromatic rings. The molecule has 0 aliphatic rings. The molecular weight excluding hydrogens is 210 g/mol. The van der Waals surface area contributed by atoms with E-state index in [0.29, 0.717) is 4.90 Å². The Morgan fingerprint density at radius 2 is 2.15 bits per heavy atom. The third-order valence-corrected chi connectivity index (χ3v) is 3.69. The van der Waals surface area contributed by atoms with Gasteiger partial charge in [-0.25, -0.2) is 0 Å². The summed E-state index contributed by atoms with van der Waals surface area (Å²) in [6, 6.07) is 6.51. The summed E-state index contributed by atoms with van der Waals surface area (Å²) in [4.78, 5) is 10.7. The lowest BCUT2D eigenvalue weighted by Crippen LogP contribution is -1.89. The van der Waals surface area contributed by atoms with Gasteiger partial charge in [-0.3, -0.25) is 10.1 Å². The number of nitro benzene ring substituents is 1. The van der Waals surface area contributed by atoms with Crippen molar-refractivity contribution in [1.29, 1.82) is 0 Å². The smallest absolute Gasteiger partial charge is 0.258 e. The topological polar surface area (TPSA) is 43.1 Å². The van der Waals surface area contributed by atoms with Crippen LogP contribution in [0.25, 0.3) is 0 Å². The van der Waals surface area contributed by atoms with Crippen LogP contribution in [0.1, 0.15) is 6.92 Å². The Bertz CT molecular complexity index is 365. The second-order valence-electron chi connectivity index (χ2n) is 2.24. The number of halogens is 1. The fourth-order valence-electron chi connectivity index (χ4n) is 0.900. The van der Waals surface area contributed by atoms with Crippen molar-refractivity contribution >= 4 is 31.4 Å². The van der Waals surface area contributed by atoms with Crippen molar-refractivity contribution in [2.45, 2.75) is 11.8 Å². The largest absolute Gasteiger partial charge is 0.283 e. The summed E-state index contributed by atoms with van der Waals surface area (Å²) in [5.74, 6) is 0. The van der Waals surface area contributed by atoms with E-state index in [0.717, 1.165) is 0 Å². The van der Waals surface area contributed by atoms with Gasteiger partial charge in [0.1, 0.15) is 0 Å². The van der Waals surface area contributed by atoms with Crippen molar-refractivity contribution in [3.63, 3.8) is 0 Å². The third-order valence-electron chi connectivity index (χ3n) is 1.48. The van der Waals surface area contributed by atoms with Crippen molar-refractivity contribution in [3.8, 4) is 0 Å². The van der Waals surface area contributed by atoms with Crippen LogP contribution in [0.15, 0.2) is 29.2 Å². The second kappa shape index (κ2) is 4.39. The van der Waals surface area contributed by atoms with Crippen LogP contribution in [-0.2, 0) is 0 Å². The maximum atomic E-state index is 10.6. The highest BCUT2D eigenvalue weighted by Gasteiger charge is 2.13. The average molecular weight is 218 g/mol. The molecule has 0 spiro atoms. The first-order chi connectivity index (χ1) is 6.16. The molecule has 0 aliphatic heterocycles. The van der Waals surface area contributed by atoms with Crippen LogP contribution in [0.2, 0.25) is 0 Å². The Kier molecular flexibility index (Phi) is 3.45. The minimum atomic E-state index is -0.667. The van der Waals surface area contributed by atoms with E-state index in [2.05, 4.69) is 0 Å². The third kappa shape index (κ3) is 2.29. The molecule has 0 bridgehead atoms. The molecule has 0 fully saturated rings. The zero-order chi connectivity index (χ0) is 9.84. The molecule has 0 heterocycles. The number of hydrogen-bond donors (Lipinski definition) is 0. The normalized spacial score (nSPS) is 12.8. The Hall–Kier alpha value is -0.870. The first-order valence-corrected chi connectivity index (χ1v) is 5.70. The number of nitro groups is 1. The van der Waals surface area contributed by atoms with Gasteiger partial charge in [-0.15, -0.1) is 0 Å². The Balaban J connectivity index is 3.28. The Morgan fingerprint density at radius 1 is 1.54 bits per heavy atom. The lowest BCUT2D eigenvalue weighted by molar-refractivity contribution is -0.387. The molecule has 0 amide bonds. The zero-order valence-corrected chi connectivity index (χ0v) is 8.51. The van der Waals surface area contributed by atoms with E-state index in [1.807, 2.05) is 0 Å². The van der Waals surface area contributed by atoms with Crippen LogP contribution in [0, 0.1) is 10.1 Å².